The molecule has 2 rings (SSSR count). The molecule has 1 aromatic carbocycles. The summed E-state index contributed by atoms with van der Waals surface area (Å²) >= 11 is 5.79. The lowest BCUT2D eigenvalue weighted by molar-refractivity contribution is -0.119. The molecule has 1 aliphatic heterocycles. The number of carbonyl (C=O) groups is 3. The zero-order chi connectivity index (χ0) is 11.9. The van der Waals surface area contributed by atoms with Gasteiger partial charge >= 0.3 is 0 Å². The van der Waals surface area contributed by atoms with Gasteiger partial charge in [-0.1, -0.05) is 11.6 Å². The molecule has 0 fully saturated rings. The number of amides is 1. The Bertz CT molecular complexity index is 510. The van der Waals surface area contributed by atoms with Gasteiger partial charge in [0.15, 0.2) is 0 Å². The summed E-state index contributed by atoms with van der Waals surface area (Å²) in [6.07, 6.45) is 0. The molecule has 1 aliphatic rings. The summed E-state index contributed by atoms with van der Waals surface area (Å²) in [4.78, 5) is 35.3. The SMILES string of the molecule is CC(=O)CN1C(=O)C(=O)c2ccc(Cl)cc21. The second kappa shape index (κ2) is 3.72. The molecule has 4 nitrogen and oxygen atoms in total. The Morgan fingerprint density at radius 1 is 1.38 bits per heavy atom. The van der Waals surface area contributed by atoms with Crippen molar-refractivity contribution in [1.29, 1.82) is 0 Å². The number of ketones is 2. The Morgan fingerprint density at radius 3 is 2.69 bits per heavy atom. The first-order valence-corrected chi connectivity index (χ1v) is 5.03. The molecule has 16 heavy (non-hydrogen) atoms. The van der Waals surface area contributed by atoms with Crippen molar-refractivity contribution in [3.8, 4) is 0 Å². The molecule has 0 saturated carbocycles. The molecule has 0 unspecified atom stereocenters. The maximum atomic E-state index is 11.6. The Morgan fingerprint density at radius 2 is 2.06 bits per heavy atom. The normalized spacial score (nSPS) is 14.2. The molecule has 82 valence electrons. The number of hydrogen-bond acceptors (Lipinski definition) is 3. The Kier molecular flexibility index (Phi) is 2.52. The van der Waals surface area contributed by atoms with E-state index in [1.807, 2.05) is 0 Å². The number of benzene rings is 1. The van der Waals surface area contributed by atoms with Crippen molar-refractivity contribution in [2.45, 2.75) is 6.92 Å². The highest BCUT2D eigenvalue weighted by Crippen LogP contribution is 2.31. The predicted molar refractivity (Wildman–Crippen MR) is 58.8 cm³/mol. The topological polar surface area (TPSA) is 54.5 Å². The van der Waals surface area contributed by atoms with Gasteiger partial charge in [0.25, 0.3) is 11.7 Å². The number of Topliss-reactive ketones (excluding diaryl/α,β-unsaturated/α-hetero) is 2. The van der Waals surface area contributed by atoms with Crippen molar-refractivity contribution in [3.05, 3.63) is 28.8 Å². The fourth-order valence-corrected chi connectivity index (χ4v) is 1.81. The van der Waals surface area contributed by atoms with Gasteiger partial charge in [0.2, 0.25) is 0 Å². The van der Waals surface area contributed by atoms with Gasteiger partial charge in [-0.2, -0.15) is 0 Å². The van der Waals surface area contributed by atoms with Crippen molar-refractivity contribution in [2.24, 2.45) is 0 Å². The summed E-state index contributed by atoms with van der Waals surface area (Å²) in [5, 5.41) is 0.426. The van der Waals surface area contributed by atoms with Gasteiger partial charge in [-0.15, -0.1) is 0 Å². The van der Waals surface area contributed by atoms with Crippen LogP contribution in [0.2, 0.25) is 5.02 Å². The van der Waals surface area contributed by atoms with Crippen LogP contribution in [0, 0.1) is 0 Å². The maximum absolute atomic E-state index is 11.6. The van der Waals surface area contributed by atoms with Crippen LogP contribution in [0.3, 0.4) is 0 Å². The zero-order valence-electron chi connectivity index (χ0n) is 8.49. The standard InChI is InChI=1S/C11H8ClNO3/c1-6(14)5-13-9-4-7(12)2-3-8(9)10(15)11(13)16/h2-4H,5H2,1H3. The van der Waals surface area contributed by atoms with Gasteiger partial charge in [-0.05, 0) is 25.1 Å². The van der Waals surface area contributed by atoms with Crippen molar-refractivity contribution >= 4 is 34.8 Å². The number of carbonyl (C=O) groups excluding carboxylic acids is 3. The third-order valence-corrected chi connectivity index (χ3v) is 2.55. The highest BCUT2D eigenvalue weighted by molar-refractivity contribution is 6.53. The third-order valence-electron chi connectivity index (χ3n) is 2.32. The van der Waals surface area contributed by atoms with Crippen LogP contribution in [0.4, 0.5) is 5.69 Å². The molecule has 0 spiro atoms. The van der Waals surface area contributed by atoms with Crippen molar-refractivity contribution in [1.82, 2.24) is 0 Å². The van der Waals surface area contributed by atoms with Crippen LogP contribution in [0.5, 0.6) is 0 Å². The first-order chi connectivity index (χ1) is 7.50. The van der Waals surface area contributed by atoms with Gasteiger partial charge < -0.3 is 0 Å². The molecule has 0 bridgehead atoms. The molecular weight excluding hydrogens is 230 g/mol. The summed E-state index contributed by atoms with van der Waals surface area (Å²) in [7, 11) is 0. The number of halogens is 1. The van der Waals surface area contributed by atoms with E-state index in [1.54, 1.807) is 6.07 Å². The van der Waals surface area contributed by atoms with E-state index in [9.17, 15) is 14.4 Å². The van der Waals surface area contributed by atoms with Crippen molar-refractivity contribution < 1.29 is 14.4 Å². The minimum Gasteiger partial charge on any atom is -0.298 e. The summed E-state index contributed by atoms with van der Waals surface area (Å²) in [6, 6.07) is 4.56. The number of rotatable bonds is 2. The molecule has 5 heteroatoms. The summed E-state index contributed by atoms with van der Waals surface area (Å²) in [5.41, 5.74) is 0.716. The molecule has 0 aromatic heterocycles. The minimum absolute atomic E-state index is 0.0993. The van der Waals surface area contributed by atoms with Crippen LogP contribution in [0.25, 0.3) is 0 Å². The Hall–Kier alpha value is -1.68. The first-order valence-electron chi connectivity index (χ1n) is 4.66. The van der Waals surface area contributed by atoms with Crippen LogP contribution < -0.4 is 4.90 Å². The van der Waals surface area contributed by atoms with E-state index >= 15 is 0 Å². The lowest BCUT2D eigenvalue weighted by atomic mass is 10.1. The summed E-state index contributed by atoms with van der Waals surface area (Å²) in [5.74, 6) is -1.45. The fourth-order valence-electron chi connectivity index (χ4n) is 1.65. The van der Waals surface area contributed by atoms with Crippen molar-refractivity contribution in [3.63, 3.8) is 0 Å². The van der Waals surface area contributed by atoms with Gasteiger partial charge in [-0.3, -0.25) is 19.3 Å². The molecular formula is C11H8ClNO3. The highest BCUT2D eigenvalue weighted by atomic mass is 35.5. The predicted octanol–water partition coefficient (Wildman–Crippen LogP) is 1.46. The molecule has 0 N–H and O–H groups in total. The van der Waals surface area contributed by atoms with Gasteiger partial charge in [-0.25, -0.2) is 0 Å². The van der Waals surface area contributed by atoms with E-state index in [0.717, 1.165) is 4.90 Å². The quantitative estimate of drug-likeness (QED) is 0.732. The smallest absolute Gasteiger partial charge is 0.298 e. The van der Waals surface area contributed by atoms with E-state index in [4.69, 9.17) is 11.6 Å². The Labute approximate surface area is 96.8 Å². The fraction of sp³-hybridized carbons (Fsp3) is 0.182. The second-order valence-corrected chi connectivity index (χ2v) is 4.02. The number of anilines is 1. The molecule has 1 heterocycles. The molecule has 1 aromatic rings. The zero-order valence-corrected chi connectivity index (χ0v) is 9.25. The average molecular weight is 238 g/mol. The van der Waals surface area contributed by atoms with E-state index < -0.39 is 11.7 Å². The number of hydrogen-bond donors (Lipinski definition) is 0. The second-order valence-electron chi connectivity index (χ2n) is 3.58. The number of nitrogens with zero attached hydrogens (tertiary/aromatic N) is 1. The van der Waals surface area contributed by atoms with E-state index in [0.29, 0.717) is 16.3 Å². The first kappa shape index (κ1) is 10.8. The number of fused-ring (bicyclic) bond motifs is 1. The van der Waals surface area contributed by atoms with E-state index in [-0.39, 0.29) is 12.3 Å². The van der Waals surface area contributed by atoms with Crippen LogP contribution in [0.1, 0.15) is 17.3 Å². The molecule has 0 atom stereocenters. The largest absolute Gasteiger partial charge is 0.299 e. The minimum atomic E-state index is -0.674. The van der Waals surface area contributed by atoms with Gasteiger partial charge in [0.05, 0.1) is 17.8 Å². The van der Waals surface area contributed by atoms with Crippen LogP contribution >= 0.6 is 11.6 Å². The van der Waals surface area contributed by atoms with E-state index in [2.05, 4.69) is 0 Å². The Balaban J connectivity index is 2.51. The molecule has 1 amide bonds. The summed E-state index contributed by atoms with van der Waals surface area (Å²) < 4.78 is 0. The highest BCUT2D eigenvalue weighted by Gasteiger charge is 2.36. The lowest BCUT2D eigenvalue weighted by Crippen LogP contribution is -2.33. The van der Waals surface area contributed by atoms with Crippen LogP contribution in [-0.4, -0.2) is 24.0 Å². The molecule has 0 saturated heterocycles. The van der Waals surface area contributed by atoms with Crippen LogP contribution in [-0.2, 0) is 9.59 Å². The van der Waals surface area contributed by atoms with Crippen LogP contribution in [0.15, 0.2) is 18.2 Å². The van der Waals surface area contributed by atoms with E-state index in [1.165, 1.54) is 19.1 Å². The monoisotopic (exact) mass is 237 g/mol. The maximum Gasteiger partial charge on any atom is 0.299 e. The molecule has 0 radical (unpaired) electrons. The lowest BCUT2D eigenvalue weighted by Gasteiger charge is -2.14. The van der Waals surface area contributed by atoms with Crippen molar-refractivity contribution in [2.75, 3.05) is 11.4 Å². The van der Waals surface area contributed by atoms with Gasteiger partial charge in [0.1, 0.15) is 5.78 Å². The summed E-state index contributed by atoms with van der Waals surface area (Å²) in [6.45, 7) is 1.26. The average Bonchev–Trinajstić information content (AvgIpc) is 2.43. The molecule has 0 aliphatic carbocycles. The van der Waals surface area contributed by atoms with Gasteiger partial charge in [0, 0.05) is 5.02 Å². The third kappa shape index (κ3) is 1.61.